The first-order chi connectivity index (χ1) is 10.7. The number of hydrogen-bond donors (Lipinski definition) is 1. The minimum absolute atomic E-state index is 0.0140. The van der Waals surface area contributed by atoms with Gasteiger partial charge in [-0.1, -0.05) is 12.1 Å². The van der Waals surface area contributed by atoms with Gasteiger partial charge in [0.2, 0.25) is 11.8 Å². The molecule has 1 unspecified atom stereocenters. The van der Waals surface area contributed by atoms with Crippen molar-refractivity contribution in [3.63, 3.8) is 0 Å². The molecule has 5 heteroatoms. The zero-order valence-corrected chi connectivity index (χ0v) is 12.9. The van der Waals surface area contributed by atoms with Crippen LogP contribution in [0.2, 0.25) is 0 Å². The quantitative estimate of drug-likeness (QED) is 0.915. The molecule has 0 saturated carbocycles. The molecule has 2 amide bonds. The topological polar surface area (TPSA) is 58.6 Å². The summed E-state index contributed by atoms with van der Waals surface area (Å²) in [5, 5.41) is 2.87. The molecular weight excluding hydrogens is 280 g/mol. The fourth-order valence-corrected chi connectivity index (χ4v) is 3.35. The zero-order chi connectivity index (χ0) is 15.5. The van der Waals surface area contributed by atoms with Gasteiger partial charge in [-0.25, -0.2) is 0 Å². The molecule has 0 spiro atoms. The Labute approximate surface area is 130 Å². The summed E-state index contributed by atoms with van der Waals surface area (Å²) >= 11 is 0. The molecule has 0 radical (unpaired) electrons. The summed E-state index contributed by atoms with van der Waals surface area (Å²) in [6.45, 7) is 1.45. The van der Waals surface area contributed by atoms with E-state index in [4.69, 9.17) is 4.74 Å². The molecule has 5 nitrogen and oxygen atoms in total. The Morgan fingerprint density at radius 3 is 2.86 bits per heavy atom. The van der Waals surface area contributed by atoms with E-state index in [9.17, 15) is 9.59 Å². The number of nitrogens with one attached hydrogen (secondary N) is 1. The van der Waals surface area contributed by atoms with Crippen LogP contribution in [0.3, 0.4) is 0 Å². The first-order valence-electron chi connectivity index (χ1n) is 7.89. The van der Waals surface area contributed by atoms with E-state index in [0.29, 0.717) is 19.4 Å². The van der Waals surface area contributed by atoms with Gasteiger partial charge in [-0.2, -0.15) is 0 Å². The lowest BCUT2D eigenvalue weighted by Gasteiger charge is -2.22. The van der Waals surface area contributed by atoms with Crippen LogP contribution in [0.15, 0.2) is 18.2 Å². The van der Waals surface area contributed by atoms with Crippen LogP contribution in [0.1, 0.15) is 30.4 Å². The molecule has 1 fully saturated rings. The summed E-state index contributed by atoms with van der Waals surface area (Å²) in [6, 6.07) is 6.11. The lowest BCUT2D eigenvalue weighted by atomic mass is 10.0. The molecule has 0 aliphatic carbocycles. The lowest BCUT2D eigenvalue weighted by Crippen LogP contribution is -2.38. The van der Waals surface area contributed by atoms with Crippen LogP contribution in [-0.4, -0.2) is 43.0 Å². The molecule has 1 saturated heterocycles. The number of carbonyl (C=O) groups excluding carboxylic acids is 2. The third kappa shape index (κ3) is 3.08. The van der Waals surface area contributed by atoms with E-state index in [2.05, 4.69) is 11.4 Å². The van der Waals surface area contributed by atoms with E-state index in [-0.39, 0.29) is 17.9 Å². The molecule has 0 aromatic heterocycles. The van der Waals surface area contributed by atoms with Gasteiger partial charge in [0.25, 0.3) is 0 Å². The summed E-state index contributed by atoms with van der Waals surface area (Å²) in [5.74, 6) is 1.11. The van der Waals surface area contributed by atoms with Crippen LogP contribution in [0.5, 0.6) is 5.75 Å². The van der Waals surface area contributed by atoms with Crippen molar-refractivity contribution in [2.45, 2.75) is 38.1 Å². The van der Waals surface area contributed by atoms with Gasteiger partial charge < -0.3 is 15.0 Å². The van der Waals surface area contributed by atoms with Crippen LogP contribution < -0.4 is 10.1 Å². The average molecular weight is 302 g/mol. The minimum atomic E-state index is 0.0140. The van der Waals surface area contributed by atoms with Crippen molar-refractivity contribution >= 4 is 11.8 Å². The second-order valence-corrected chi connectivity index (χ2v) is 5.99. The van der Waals surface area contributed by atoms with Crippen molar-refractivity contribution < 1.29 is 14.3 Å². The van der Waals surface area contributed by atoms with Gasteiger partial charge in [0.15, 0.2) is 0 Å². The van der Waals surface area contributed by atoms with Gasteiger partial charge in [-0.3, -0.25) is 9.59 Å². The van der Waals surface area contributed by atoms with Crippen molar-refractivity contribution in [1.82, 2.24) is 10.2 Å². The van der Waals surface area contributed by atoms with Crippen molar-refractivity contribution in [2.75, 3.05) is 20.2 Å². The van der Waals surface area contributed by atoms with Crippen LogP contribution >= 0.6 is 0 Å². The monoisotopic (exact) mass is 302 g/mol. The Morgan fingerprint density at radius 1 is 1.32 bits per heavy atom. The van der Waals surface area contributed by atoms with E-state index in [0.717, 1.165) is 31.6 Å². The molecule has 2 aliphatic heterocycles. The number of fused-ring (bicyclic) bond motifs is 1. The van der Waals surface area contributed by atoms with Crippen LogP contribution in [-0.2, 0) is 22.4 Å². The van der Waals surface area contributed by atoms with Gasteiger partial charge >= 0.3 is 0 Å². The highest BCUT2D eigenvalue weighted by molar-refractivity contribution is 5.82. The predicted octanol–water partition coefficient (Wildman–Crippen LogP) is 1.29. The van der Waals surface area contributed by atoms with Crippen LogP contribution in [0.25, 0.3) is 0 Å². The molecule has 2 aliphatic rings. The van der Waals surface area contributed by atoms with E-state index in [1.54, 1.807) is 7.11 Å². The molecule has 3 rings (SSSR count). The predicted molar refractivity (Wildman–Crippen MR) is 82.8 cm³/mol. The normalized spacial score (nSPS) is 21.0. The largest absolute Gasteiger partial charge is 0.496 e. The summed E-state index contributed by atoms with van der Waals surface area (Å²) in [6.07, 6.45) is 3.41. The van der Waals surface area contributed by atoms with Crippen molar-refractivity contribution in [1.29, 1.82) is 0 Å². The number of nitrogens with zero attached hydrogens (tertiary/aromatic N) is 1. The fraction of sp³-hybridized carbons (Fsp3) is 0.529. The maximum absolute atomic E-state index is 12.5. The lowest BCUT2D eigenvalue weighted by molar-refractivity contribution is -0.131. The van der Waals surface area contributed by atoms with E-state index in [1.807, 2.05) is 17.0 Å². The number of carbonyl (C=O) groups is 2. The van der Waals surface area contributed by atoms with E-state index in [1.165, 1.54) is 11.1 Å². The fourth-order valence-electron chi connectivity index (χ4n) is 3.35. The summed E-state index contributed by atoms with van der Waals surface area (Å²) in [4.78, 5) is 25.6. The Hall–Kier alpha value is -2.04. The molecule has 0 bridgehead atoms. The van der Waals surface area contributed by atoms with E-state index >= 15 is 0 Å². The highest BCUT2D eigenvalue weighted by Gasteiger charge is 2.26. The summed E-state index contributed by atoms with van der Waals surface area (Å²) in [5.41, 5.74) is 2.48. The van der Waals surface area contributed by atoms with Crippen LogP contribution in [0, 0.1) is 0 Å². The molecular formula is C17H22N2O3. The zero-order valence-electron chi connectivity index (χ0n) is 12.9. The highest BCUT2D eigenvalue weighted by Crippen LogP contribution is 2.26. The van der Waals surface area contributed by atoms with Gasteiger partial charge in [0, 0.05) is 32.0 Å². The standard InChI is InChI=1S/C17H22N2O3/c1-22-15-4-2-3-12-7-9-19(10-8-14(12)15)17(21)11-13-5-6-16(20)18-13/h2-4,13H,5-11H2,1H3,(H,18,20). The summed E-state index contributed by atoms with van der Waals surface area (Å²) in [7, 11) is 1.69. The number of amides is 2. The molecule has 22 heavy (non-hydrogen) atoms. The second kappa shape index (κ2) is 6.38. The number of hydrogen-bond acceptors (Lipinski definition) is 3. The molecule has 1 aromatic carbocycles. The SMILES string of the molecule is COc1cccc2c1CCN(C(=O)CC1CCC(=O)N1)CC2. The number of rotatable bonds is 3. The maximum atomic E-state index is 12.5. The molecule has 1 atom stereocenters. The van der Waals surface area contributed by atoms with Crippen molar-refractivity contribution in [2.24, 2.45) is 0 Å². The third-order valence-electron chi connectivity index (χ3n) is 4.59. The minimum Gasteiger partial charge on any atom is -0.496 e. The Kier molecular flexibility index (Phi) is 4.32. The smallest absolute Gasteiger partial charge is 0.224 e. The number of benzene rings is 1. The highest BCUT2D eigenvalue weighted by atomic mass is 16.5. The van der Waals surface area contributed by atoms with Gasteiger partial charge in [0.1, 0.15) is 5.75 Å². The Balaban J connectivity index is 1.64. The van der Waals surface area contributed by atoms with Crippen molar-refractivity contribution in [3.05, 3.63) is 29.3 Å². The first kappa shape index (κ1) is 14.9. The number of ether oxygens (including phenoxy) is 1. The molecule has 118 valence electrons. The Morgan fingerprint density at radius 2 is 2.14 bits per heavy atom. The van der Waals surface area contributed by atoms with Gasteiger partial charge in [-0.05, 0) is 36.5 Å². The second-order valence-electron chi connectivity index (χ2n) is 5.99. The van der Waals surface area contributed by atoms with Gasteiger partial charge in [0.05, 0.1) is 7.11 Å². The molecule has 2 heterocycles. The Bertz CT molecular complexity index is 585. The van der Waals surface area contributed by atoms with Crippen LogP contribution in [0.4, 0.5) is 0 Å². The van der Waals surface area contributed by atoms with Crippen molar-refractivity contribution in [3.8, 4) is 5.75 Å². The van der Waals surface area contributed by atoms with Gasteiger partial charge in [-0.15, -0.1) is 0 Å². The molecule has 1 aromatic rings. The molecule has 1 N–H and O–H groups in total. The first-order valence-corrected chi connectivity index (χ1v) is 7.89. The third-order valence-corrected chi connectivity index (χ3v) is 4.59. The number of methoxy groups -OCH3 is 1. The maximum Gasteiger partial charge on any atom is 0.224 e. The summed E-state index contributed by atoms with van der Waals surface area (Å²) < 4.78 is 5.43. The average Bonchev–Trinajstić information content (AvgIpc) is 2.80. The van der Waals surface area contributed by atoms with E-state index < -0.39 is 0 Å².